The lowest BCUT2D eigenvalue weighted by Gasteiger charge is -2.16. The van der Waals surface area contributed by atoms with Gasteiger partial charge in [0.1, 0.15) is 11.6 Å². The molecule has 6 nitrogen and oxygen atoms in total. The van der Waals surface area contributed by atoms with Gasteiger partial charge in [-0.15, -0.1) is 0 Å². The third kappa shape index (κ3) is 4.12. The van der Waals surface area contributed by atoms with Crippen molar-refractivity contribution < 1.29 is 14.3 Å². The van der Waals surface area contributed by atoms with E-state index in [4.69, 9.17) is 4.74 Å². The summed E-state index contributed by atoms with van der Waals surface area (Å²) in [6, 6.07) is 7.20. The normalized spacial score (nSPS) is 14.7. The molecule has 1 heterocycles. The molecule has 1 aromatic heterocycles. The highest BCUT2D eigenvalue weighted by Crippen LogP contribution is 2.40. The molecule has 1 aromatic carbocycles. The zero-order valence-corrected chi connectivity index (χ0v) is 15.5. The van der Waals surface area contributed by atoms with Crippen LogP contribution in [-0.4, -0.2) is 28.6 Å². The topological polar surface area (TPSA) is 73.2 Å². The minimum absolute atomic E-state index is 0.0561. The average molecular weight is 355 g/mol. The number of hydrogen-bond acceptors (Lipinski definition) is 4. The highest BCUT2D eigenvalue weighted by Gasteiger charge is 2.31. The zero-order chi connectivity index (χ0) is 18.7. The molecule has 0 bridgehead atoms. The molecule has 1 atom stereocenters. The van der Waals surface area contributed by atoms with Crippen molar-refractivity contribution in [3.63, 3.8) is 0 Å². The number of methoxy groups -OCH3 is 1. The molecule has 2 aromatic rings. The number of nitrogens with one attached hydrogen (secondary N) is 1. The van der Waals surface area contributed by atoms with Gasteiger partial charge >= 0.3 is 0 Å². The lowest BCUT2D eigenvalue weighted by Crippen LogP contribution is -2.19. The maximum Gasteiger partial charge on any atom is 0.225 e. The highest BCUT2D eigenvalue weighted by atomic mass is 16.5. The van der Waals surface area contributed by atoms with Gasteiger partial charge in [-0.2, -0.15) is 5.10 Å². The number of hydrogen-bond donors (Lipinski definition) is 1. The van der Waals surface area contributed by atoms with Crippen molar-refractivity contribution in [3.8, 4) is 5.75 Å². The average Bonchev–Trinajstić information content (AvgIpc) is 3.44. The van der Waals surface area contributed by atoms with Gasteiger partial charge in [-0.05, 0) is 56.9 Å². The van der Waals surface area contributed by atoms with E-state index in [1.54, 1.807) is 37.6 Å². The second kappa shape index (κ2) is 7.72. The molecular formula is C20H25N3O3. The van der Waals surface area contributed by atoms with Crippen LogP contribution in [-0.2, 0) is 4.79 Å². The summed E-state index contributed by atoms with van der Waals surface area (Å²) >= 11 is 0. The van der Waals surface area contributed by atoms with Crippen molar-refractivity contribution in [2.45, 2.75) is 45.6 Å². The number of benzene rings is 1. The summed E-state index contributed by atoms with van der Waals surface area (Å²) in [7, 11) is 1.58. The third-order valence-corrected chi connectivity index (χ3v) is 4.92. The Hall–Kier alpha value is -2.63. The van der Waals surface area contributed by atoms with Crippen LogP contribution in [0.1, 0.15) is 54.6 Å². The van der Waals surface area contributed by atoms with Gasteiger partial charge in [0.2, 0.25) is 5.91 Å². The van der Waals surface area contributed by atoms with Crippen molar-refractivity contribution in [1.82, 2.24) is 9.78 Å². The van der Waals surface area contributed by atoms with E-state index in [2.05, 4.69) is 17.3 Å². The molecule has 0 spiro atoms. The van der Waals surface area contributed by atoms with Crippen LogP contribution in [0.15, 0.2) is 30.5 Å². The molecule has 3 rings (SSSR count). The molecule has 1 unspecified atom stereocenters. The van der Waals surface area contributed by atoms with Gasteiger partial charge in [0.05, 0.1) is 19.3 Å². The number of nitrogens with zero attached hydrogens (tertiary/aromatic N) is 2. The Morgan fingerprint density at radius 3 is 2.58 bits per heavy atom. The predicted octanol–water partition coefficient (Wildman–Crippen LogP) is 3.77. The SMILES string of the molecule is COc1ccc(C(=O)CCC(=O)Nc2c(C)cnn2C(C)C2CC2)cc1. The van der Waals surface area contributed by atoms with E-state index in [-0.39, 0.29) is 30.6 Å². The molecule has 1 aliphatic carbocycles. The van der Waals surface area contributed by atoms with Crippen molar-refractivity contribution in [1.29, 1.82) is 0 Å². The fraction of sp³-hybridized carbons (Fsp3) is 0.450. The summed E-state index contributed by atoms with van der Waals surface area (Å²) in [5.74, 6) is 1.86. The Morgan fingerprint density at radius 1 is 1.27 bits per heavy atom. The van der Waals surface area contributed by atoms with Crippen LogP contribution >= 0.6 is 0 Å². The second-order valence-electron chi connectivity index (χ2n) is 6.90. The number of rotatable bonds is 8. The number of ketones is 1. The Morgan fingerprint density at radius 2 is 1.96 bits per heavy atom. The molecule has 1 fully saturated rings. The molecular weight excluding hydrogens is 330 g/mol. The van der Waals surface area contributed by atoms with Crippen molar-refractivity contribution in [3.05, 3.63) is 41.6 Å². The van der Waals surface area contributed by atoms with Gasteiger partial charge < -0.3 is 10.1 Å². The van der Waals surface area contributed by atoms with Gasteiger partial charge in [0.15, 0.2) is 5.78 Å². The summed E-state index contributed by atoms with van der Waals surface area (Å²) in [5.41, 5.74) is 1.52. The van der Waals surface area contributed by atoms with Gasteiger partial charge in [-0.1, -0.05) is 0 Å². The maximum atomic E-state index is 12.3. The van der Waals surface area contributed by atoms with Crippen molar-refractivity contribution >= 4 is 17.5 Å². The number of anilines is 1. The Labute approximate surface area is 153 Å². The van der Waals surface area contributed by atoms with Crippen LogP contribution in [0.3, 0.4) is 0 Å². The van der Waals surface area contributed by atoms with E-state index in [9.17, 15) is 9.59 Å². The van der Waals surface area contributed by atoms with Crippen LogP contribution in [0.2, 0.25) is 0 Å². The first-order chi connectivity index (χ1) is 12.5. The molecule has 6 heteroatoms. The molecule has 1 aliphatic rings. The maximum absolute atomic E-state index is 12.3. The molecule has 1 N–H and O–H groups in total. The third-order valence-electron chi connectivity index (χ3n) is 4.92. The fourth-order valence-electron chi connectivity index (χ4n) is 3.03. The number of carbonyl (C=O) groups excluding carboxylic acids is 2. The molecule has 1 saturated carbocycles. The number of aryl methyl sites for hydroxylation is 1. The lowest BCUT2D eigenvalue weighted by atomic mass is 10.1. The molecule has 0 aliphatic heterocycles. The molecule has 138 valence electrons. The largest absolute Gasteiger partial charge is 0.497 e. The summed E-state index contributed by atoms with van der Waals surface area (Å²) in [6.07, 6.45) is 4.52. The second-order valence-corrected chi connectivity index (χ2v) is 6.90. The number of aromatic nitrogens is 2. The minimum atomic E-state index is -0.167. The van der Waals surface area contributed by atoms with E-state index < -0.39 is 0 Å². The molecule has 0 radical (unpaired) electrons. The van der Waals surface area contributed by atoms with Gasteiger partial charge in [-0.25, -0.2) is 4.68 Å². The van der Waals surface area contributed by atoms with Crippen molar-refractivity contribution in [2.24, 2.45) is 5.92 Å². The number of carbonyl (C=O) groups is 2. The van der Waals surface area contributed by atoms with Crippen LogP contribution in [0.5, 0.6) is 5.75 Å². The van der Waals surface area contributed by atoms with Crippen LogP contribution in [0.25, 0.3) is 0 Å². The van der Waals surface area contributed by atoms with Crippen LogP contribution < -0.4 is 10.1 Å². The van der Waals surface area contributed by atoms with Crippen molar-refractivity contribution in [2.75, 3.05) is 12.4 Å². The first kappa shape index (κ1) is 18.2. The number of ether oxygens (including phenoxy) is 1. The lowest BCUT2D eigenvalue weighted by molar-refractivity contribution is -0.116. The van der Waals surface area contributed by atoms with E-state index in [1.165, 1.54) is 12.8 Å². The van der Waals surface area contributed by atoms with E-state index in [0.29, 0.717) is 17.2 Å². The van der Waals surface area contributed by atoms with Gasteiger partial charge in [-0.3, -0.25) is 9.59 Å². The first-order valence-electron chi connectivity index (χ1n) is 9.00. The summed E-state index contributed by atoms with van der Waals surface area (Å²) in [4.78, 5) is 24.6. The number of Topliss-reactive ketones (excluding diaryl/α,β-unsaturated/α-hetero) is 1. The van der Waals surface area contributed by atoms with Crippen LogP contribution in [0.4, 0.5) is 5.82 Å². The Bertz CT molecular complexity index is 791. The standard InChI is InChI=1S/C20H25N3O3/c1-13-12-21-23(14(2)15-4-5-15)20(13)22-19(25)11-10-18(24)16-6-8-17(26-3)9-7-16/h6-9,12,14-15H,4-5,10-11H2,1-3H3,(H,22,25). The highest BCUT2D eigenvalue weighted by molar-refractivity contribution is 6.00. The molecule has 26 heavy (non-hydrogen) atoms. The number of amides is 1. The summed E-state index contributed by atoms with van der Waals surface area (Å²) in [5, 5.41) is 7.35. The van der Waals surface area contributed by atoms with Gasteiger partial charge in [0, 0.05) is 24.0 Å². The zero-order valence-electron chi connectivity index (χ0n) is 15.5. The van der Waals surface area contributed by atoms with E-state index in [0.717, 1.165) is 11.4 Å². The van der Waals surface area contributed by atoms with Gasteiger partial charge in [0.25, 0.3) is 0 Å². The predicted molar refractivity (Wildman–Crippen MR) is 99.6 cm³/mol. The fourth-order valence-corrected chi connectivity index (χ4v) is 3.03. The summed E-state index contributed by atoms with van der Waals surface area (Å²) < 4.78 is 6.98. The van der Waals surface area contributed by atoms with E-state index in [1.807, 2.05) is 11.6 Å². The molecule has 1 amide bonds. The summed E-state index contributed by atoms with van der Waals surface area (Å²) in [6.45, 7) is 4.06. The molecule has 0 saturated heterocycles. The smallest absolute Gasteiger partial charge is 0.225 e. The quantitative estimate of drug-likeness (QED) is 0.732. The Kier molecular flexibility index (Phi) is 5.40. The van der Waals surface area contributed by atoms with E-state index >= 15 is 0 Å². The minimum Gasteiger partial charge on any atom is -0.497 e. The van der Waals surface area contributed by atoms with Crippen LogP contribution in [0, 0.1) is 12.8 Å². The monoisotopic (exact) mass is 355 g/mol. The first-order valence-corrected chi connectivity index (χ1v) is 9.00. The Balaban J connectivity index is 1.57.